The number of fused-ring (bicyclic) bond motifs is 2. The summed E-state index contributed by atoms with van der Waals surface area (Å²) in [6.45, 7) is 10.3. The average Bonchev–Trinajstić information content (AvgIpc) is 3.25. The van der Waals surface area contributed by atoms with Crippen LogP contribution < -0.4 is 25.9 Å². The van der Waals surface area contributed by atoms with Crippen molar-refractivity contribution in [3.63, 3.8) is 0 Å². The van der Waals surface area contributed by atoms with Crippen LogP contribution in [0.2, 0.25) is 0 Å². The molecule has 0 bridgehead atoms. The molecule has 1 aromatic heterocycles. The quantitative estimate of drug-likeness (QED) is 0.347. The summed E-state index contributed by atoms with van der Waals surface area (Å²) in [6, 6.07) is 14.6. The Bertz CT molecular complexity index is 1400. The molecule has 2 unspecified atom stereocenters. The third-order valence-electron chi connectivity index (χ3n) is 8.58. The molecule has 2 atom stereocenters. The lowest BCUT2D eigenvalue weighted by Gasteiger charge is -2.38. The van der Waals surface area contributed by atoms with E-state index in [1.807, 2.05) is 29.3 Å². The first-order valence-corrected chi connectivity index (χ1v) is 13.9. The van der Waals surface area contributed by atoms with Crippen LogP contribution in [0.3, 0.4) is 0 Å². The minimum Gasteiger partial charge on any atom is -0.454 e. The molecule has 9 heteroatoms. The van der Waals surface area contributed by atoms with E-state index in [9.17, 15) is 4.79 Å². The summed E-state index contributed by atoms with van der Waals surface area (Å²) in [7, 11) is 0. The molecule has 2 aliphatic heterocycles. The van der Waals surface area contributed by atoms with Gasteiger partial charge in [0, 0.05) is 35.4 Å². The maximum atomic E-state index is 13.5. The van der Waals surface area contributed by atoms with Crippen LogP contribution in [-0.2, 0) is 10.2 Å². The Morgan fingerprint density at radius 3 is 2.67 bits per heavy atom. The van der Waals surface area contributed by atoms with Crippen LogP contribution in [0, 0.1) is 11.3 Å². The zero-order valence-electron chi connectivity index (χ0n) is 23.2. The van der Waals surface area contributed by atoms with Crippen molar-refractivity contribution >= 4 is 28.8 Å². The van der Waals surface area contributed by atoms with Gasteiger partial charge in [0.1, 0.15) is 6.34 Å². The van der Waals surface area contributed by atoms with E-state index in [2.05, 4.69) is 78.1 Å². The highest BCUT2D eigenvalue weighted by Crippen LogP contribution is 2.51. The molecule has 206 valence electrons. The summed E-state index contributed by atoms with van der Waals surface area (Å²) in [5.41, 5.74) is 8.48. The van der Waals surface area contributed by atoms with Crippen LogP contribution in [0.5, 0.6) is 11.5 Å². The molecule has 3 N–H and O–H groups in total. The summed E-state index contributed by atoms with van der Waals surface area (Å²) >= 11 is 0. The number of benzene rings is 2. The molecule has 39 heavy (non-hydrogen) atoms. The molecule has 1 fully saturated rings. The summed E-state index contributed by atoms with van der Waals surface area (Å²) < 4.78 is 13.4. The first-order chi connectivity index (χ1) is 18.8. The van der Waals surface area contributed by atoms with Crippen LogP contribution in [0.1, 0.15) is 65.0 Å². The fourth-order valence-electron chi connectivity index (χ4n) is 6.35. The van der Waals surface area contributed by atoms with Gasteiger partial charge in [-0.1, -0.05) is 40.2 Å². The normalized spacial score (nSPS) is 18.7. The summed E-state index contributed by atoms with van der Waals surface area (Å²) in [5.74, 6) is 1.97. The van der Waals surface area contributed by atoms with Crippen molar-refractivity contribution in [1.29, 1.82) is 0 Å². The number of nitrogens with one attached hydrogen (secondary N) is 3. The van der Waals surface area contributed by atoms with Crippen LogP contribution >= 0.6 is 0 Å². The second-order valence-electron chi connectivity index (χ2n) is 12.0. The molecule has 9 nitrogen and oxygen atoms in total. The second-order valence-corrected chi connectivity index (χ2v) is 12.0. The zero-order valence-corrected chi connectivity index (χ0v) is 23.2. The van der Waals surface area contributed by atoms with Gasteiger partial charge < -0.3 is 19.4 Å². The van der Waals surface area contributed by atoms with E-state index in [0.717, 1.165) is 54.6 Å². The summed E-state index contributed by atoms with van der Waals surface area (Å²) in [6.07, 6.45) is 7.70. The smallest absolute Gasteiger partial charge is 0.235 e. The van der Waals surface area contributed by atoms with Gasteiger partial charge in [0.2, 0.25) is 12.7 Å². The number of aromatic nitrogens is 1. The van der Waals surface area contributed by atoms with Gasteiger partial charge in [-0.3, -0.25) is 9.80 Å². The minimum atomic E-state index is -0.504. The fourth-order valence-corrected chi connectivity index (χ4v) is 6.35. The molecule has 3 heterocycles. The Balaban J connectivity index is 1.23. The van der Waals surface area contributed by atoms with Crippen molar-refractivity contribution in [3.05, 3.63) is 54.2 Å². The highest BCUT2D eigenvalue weighted by molar-refractivity contribution is 6.02. The fraction of sp³-hybridized carbons (Fsp3) is 0.467. The third kappa shape index (κ3) is 4.80. The number of ether oxygens (including phenoxy) is 2. The summed E-state index contributed by atoms with van der Waals surface area (Å²) in [5, 5.41) is 10.4. The number of rotatable bonds is 9. The van der Waals surface area contributed by atoms with Gasteiger partial charge in [-0.25, -0.2) is 5.53 Å². The standard InChI is InChI=1S/C30H38N6O3/c1-5-23(29(2,3)4)25(11-14-35-18-31-33-34-35)36-15-10-20-16-22(7-8-24(20)36)32-28(37)30(12-13-30)21-6-9-26-27(17-21)39-19-38-26/h6-10,15-18,23,25,33-34H,5,11-14,19H2,1-4H3,(H,32,37). The Labute approximate surface area is 229 Å². The van der Waals surface area contributed by atoms with Gasteiger partial charge in [-0.05, 0) is 72.6 Å². The zero-order chi connectivity index (χ0) is 27.2. The molecule has 0 spiro atoms. The SMILES string of the molecule is CCC(C(CCN1C=NNN1)n1ccc2cc(NC(=O)C3(c4ccc5c(c4)OCO5)CC3)ccc21)C(C)(C)C. The van der Waals surface area contributed by atoms with Crippen molar-refractivity contribution in [3.8, 4) is 11.5 Å². The van der Waals surface area contributed by atoms with Crippen LogP contribution in [-0.4, -0.2) is 35.2 Å². The van der Waals surface area contributed by atoms with Gasteiger partial charge in [-0.15, -0.1) is 5.53 Å². The molecule has 6 rings (SSSR count). The van der Waals surface area contributed by atoms with Crippen molar-refractivity contribution in [1.82, 2.24) is 20.6 Å². The third-order valence-corrected chi connectivity index (χ3v) is 8.58. The highest BCUT2D eigenvalue weighted by atomic mass is 16.7. The van der Waals surface area contributed by atoms with Crippen LogP contribution in [0.25, 0.3) is 10.9 Å². The Morgan fingerprint density at radius 2 is 1.95 bits per heavy atom. The molecular weight excluding hydrogens is 492 g/mol. The van der Waals surface area contributed by atoms with Crippen molar-refractivity contribution in [2.45, 2.75) is 64.8 Å². The molecule has 1 saturated carbocycles. The van der Waals surface area contributed by atoms with E-state index < -0.39 is 5.41 Å². The van der Waals surface area contributed by atoms with Gasteiger partial charge in [0.15, 0.2) is 11.5 Å². The molecule has 1 aliphatic carbocycles. The van der Waals surface area contributed by atoms with E-state index in [-0.39, 0.29) is 18.1 Å². The number of amides is 1. The van der Waals surface area contributed by atoms with Crippen molar-refractivity contribution < 1.29 is 14.3 Å². The van der Waals surface area contributed by atoms with Gasteiger partial charge >= 0.3 is 0 Å². The van der Waals surface area contributed by atoms with Gasteiger partial charge in [-0.2, -0.15) is 5.10 Å². The maximum Gasteiger partial charge on any atom is 0.235 e. The van der Waals surface area contributed by atoms with Crippen LogP contribution in [0.15, 0.2) is 53.8 Å². The first-order valence-electron chi connectivity index (χ1n) is 13.9. The van der Waals surface area contributed by atoms with Crippen molar-refractivity contribution in [2.24, 2.45) is 16.4 Å². The number of carbonyl (C=O) groups is 1. The Morgan fingerprint density at radius 1 is 1.13 bits per heavy atom. The highest BCUT2D eigenvalue weighted by Gasteiger charge is 2.51. The number of carbonyl (C=O) groups excluding carboxylic acids is 1. The topological polar surface area (TPSA) is 92.2 Å². The lowest BCUT2D eigenvalue weighted by molar-refractivity contribution is -0.118. The van der Waals surface area contributed by atoms with E-state index >= 15 is 0 Å². The molecule has 3 aliphatic rings. The molecule has 2 aromatic carbocycles. The number of hydrazine groups is 2. The van der Waals surface area contributed by atoms with E-state index in [1.165, 1.54) is 5.52 Å². The van der Waals surface area contributed by atoms with E-state index in [0.29, 0.717) is 17.7 Å². The van der Waals surface area contributed by atoms with Crippen LogP contribution in [0.4, 0.5) is 5.69 Å². The Hall–Kier alpha value is -3.72. The number of hydrogen-bond acceptors (Lipinski definition) is 7. The predicted octanol–water partition coefficient (Wildman–Crippen LogP) is 5.31. The average molecular weight is 531 g/mol. The predicted molar refractivity (Wildman–Crippen MR) is 152 cm³/mol. The molecule has 0 radical (unpaired) electrons. The van der Waals surface area contributed by atoms with Crippen molar-refractivity contribution in [2.75, 3.05) is 18.7 Å². The van der Waals surface area contributed by atoms with E-state index in [1.54, 1.807) is 6.34 Å². The largest absolute Gasteiger partial charge is 0.454 e. The first kappa shape index (κ1) is 25.6. The minimum absolute atomic E-state index is 0.0326. The molecule has 0 saturated heterocycles. The second kappa shape index (κ2) is 9.79. The number of hydrazone groups is 1. The number of anilines is 1. The summed E-state index contributed by atoms with van der Waals surface area (Å²) in [4.78, 5) is 13.5. The number of nitrogens with zero attached hydrogens (tertiary/aromatic N) is 3. The van der Waals surface area contributed by atoms with Gasteiger partial charge in [0.25, 0.3) is 0 Å². The lowest BCUT2D eigenvalue weighted by atomic mass is 9.73. The molecular formula is C30H38N6O3. The van der Waals surface area contributed by atoms with E-state index in [4.69, 9.17) is 9.47 Å². The van der Waals surface area contributed by atoms with Gasteiger partial charge in [0.05, 0.1) is 5.41 Å². The Kier molecular flexibility index (Phi) is 6.41. The number of hydrogen-bond donors (Lipinski definition) is 3. The molecule has 1 amide bonds. The lowest BCUT2D eigenvalue weighted by Crippen LogP contribution is -2.40. The monoisotopic (exact) mass is 530 g/mol. The maximum absolute atomic E-state index is 13.5. The molecule has 3 aromatic rings.